The van der Waals surface area contributed by atoms with Crippen molar-refractivity contribution >= 4 is 17.2 Å². The van der Waals surface area contributed by atoms with E-state index in [0.717, 1.165) is 30.9 Å². The summed E-state index contributed by atoms with van der Waals surface area (Å²) in [7, 11) is 2.10. The number of aliphatic hydroxyl groups excluding tert-OH is 1. The first-order chi connectivity index (χ1) is 9.19. The van der Waals surface area contributed by atoms with Gasteiger partial charge in [-0.2, -0.15) is 0 Å². The average Bonchev–Trinajstić information content (AvgIpc) is 3.02. The molecule has 4 nitrogen and oxygen atoms in total. The molecule has 0 saturated carbocycles. The van der Waals surface area contributed by atoms with Crippen molar-refractivity contribution in [3.8, 4) is 11.8 Å². The van der Waals surface area contributed by atoms with Crippen LogP contribution in [0.2, 0.25) is 0 Å². The number of nitrogens with one attached hydrogen (secondary N) is 1. The van der Waals surface area contributed by atoms with Crippen molar-refractivity contribution in [2.24, 2.45) is 5.92 Å². The van der Waals surface area contributed by atoms with Gasteiger partial charge < -0.3 is 15.3 Å². The highest BCUT2D eigenvalue weighted by molar-refractivity contribution is 7.10. The van der Waals surface area contributed by atoms with Crippen LogP contribution >= 0.6 is 11.3 Å². The van der Waals surface area contributed by atoms with E-state index in [0.29, 0.717) is 11.5 Å². The number of rotatable bonds is 3. The Morgan fingerprint density at radius 3 is 3.21 bits per heavy atom. The second-order valence-corrected chi connectivity index (χ2v) is 5.70. The van der Waals surface area contributed by atoms with Crippen molar-refractivity contribution in [1.82, 2.24) is 10.2 Å². The quantitative estimate of drug-likeness (QED) is 0.803. The molecule has 1 unspecified atom stereocenters. The molecule has 1 saturated heterocycles. The van der Waals surface area contributed by atoms with Crippen LogP contribution < -0.4 is 5.32 Å². The van der Waals surface area contributed by atoms with Gasteiger partial charge in [0.15, 0.2) is 0 Å². The van der Waals surface area contributed by atoms with Crippen LogP contribution in [0.4, 0.5) is 0 Å². The first kappa shape index (κ1) is 14.1. The van der Waals surface area contributed by atoms with Gasteiger partial charge in [-0.25, -0.2) is 0 Å². The van der Waals surface area contributed by atoms with Gasteiger partial charge in [0, 0.05) is 18.5 Å². The van der Waals surface area contributed by atoms with Crippen molar-refractivity contribution in [2.45, 2.75) is 6.42 Å². The number of aliphatic hydroxyl groups is 1. The molecular formula is C14H18N2O2S. The first-order valence-corrected chi connectivity index (χ1v) is 7.22. The summed E-state index contributed by atoms with van der Waals surface area (Å²) in [6.45, 7) is 2.74. The Labute approximate surface area is 117 Å². The third-order valence-corrected chi connectivity index (χ3v) is 4.04. The van der Waals surface area contributed by atoms with E-state index < -0.39 is 0 Å². The lowest BCUT2D eigenvalue weighted by Crippen LogP contribution is -2.30. The van der Waals surface area contributed by atoms with Crippen LogP contribution in [0.1, 0.15) is 21.7 Å². The molecule has 0 aliphatic carbocycles. The van der Waals surface area contributed by atoms with E-state index in [1.54, 1.807) is 11.4 Å². The van der Waals surface area contributed by atoms with E-state index in [1.165, 1.54) is 11.3 Å². The Morgan fingerprint density at radius 2 is 2.53 bits per heavy atom. The van der Waals surface area contributed by atoms with Gasteiger partial charge in [0.25, 0.3) is 5.91 Å². The summed E-state index contributed by atoms with van der Waals surface area (Å²) in [5, 5.41) is 13.4. The van der Waals surface area contributed by atoms with Gasteiger partial charge >= 0.3 is 0 Å². The molecule has 2 N–H and O–H groups in total. The van der Waals surface area contributed by atoms with Gasteiger partial charge in [0.2, 0.25) is 0 Å². The molecule has 1 fully saturated rings. The van der Waals surface area contributed by atoms with Crippen LogP contribution in [0, 0.1) is 17.8 Å². The fourth-order valence-electron chi connectivity index (χ4n) is 2.18. The molecule has 2 rings (SSSR count). The number of carbonyl (C=O) groups excluding carboxylic acids is 1. The third kappa shape index (κ3) is 4.06. The maximum Gasteiger partial charge on any atom is 0.252 e. The lowest BCUT2D eigenvalue weighted by atomic mass is 10.1. The fourth-order valence-corrected chi connectivity index (χ4v) is 2.93. The Morgan fingerprint density at radius 1 is 1.68 bits per heavy atom. The van der Waals surface area contributed by atoms with E-state index in [2.05, 4.69) is 29.1 Å². The fraction of sp³-hybridized carbons (Fsp3) is 0.500. The van der Waals surface area contributed by atoms with Crippen LogP contribution in [0.15, 0.2) is 11.4 Å². The minimum atomic E-state index is -0.158. The molecule has 0 spiro atoms. The number of hydrogen-bond acceptors (Lipinski definition) is 4. The molecule has 2 heterocycles. The third-order valence-electron chi connectivity index (χ3n) is 3.19. The summed E-state index contributed by atoms with van der Waals surface area (Å²) >= 11 is 1.42. The maximum absolute atomic E-state index is 12.0. The van der Waals surface area contributed by atoms with Crippen molar-refractivity contribution in [1.29, 1.82) is 0 Å². The van der Waals surface area contributed by atoms with Gasteiger partial charge in [0.1, 0.15) is 6.61 Å². The summed E-state index contributed by atoms with van der Waals surface area (Å²) in [5.74, 6) is 5.90. The predicted molar refractivity (Wildman–Crippen MR) is 76.2 cm³/mol. The van der Waals surface area contributed by atoms with Crippen molar-refractivity contribution in [3.05, 3.63) is 21.9 Å². The molecule has 1 aromatic heterocycles. The molecule has 1 aromatic rings. The molecule has 1 atom stereocenters. The summed E-state index contributed by atoms with van der Waals surface area (Å²) in [6, 6.07) is 1.77. The largest absolute Gasteiger partial charge is 0.384 e. The highest BCUT2D eigenvalue weighted by Gasteiger charge is 2.20. The number of amides is 1. The monoisotopic (exact) mass is 278 g/mol. The minimum absolute atomic E-state index is 0.0390. The number of thiophene rings is 1. The number of likely N-dealkylation sites (tertiary alicyclic amines) is 1. The van der Waals surface area contributed by atoms with Gasteiger partial charge in [-0.15, -0.1) is 11.3 Å². The van der Waals surface area contributed by atoms with Gasteiger partial charge in [-0.05, 0) is 32.0 Å². The first-order valence-electron chi connectivity index (χ1n) is 6.34. The second-order valence-electron chi connectivity index (χ2n) is 4.79. The lowest BCUT2D eigenvalue weighted by Gasteiger charge is -2.11. The van der Waals surface area contributed by atoms with E-state index in [-0.39, 0.29) is 12.5 Å². The molecule has 1 aliphatic rings. The van der Waals surface area contributed by atoms with Crippen molar-refractivity contribution < 1.29 is 9.90 Å². The number of carbonyl (C=O) groups is 1. The van der Waals surface area contributed by atoms with Crippen LogP contribution in [0.3, 0.4) is 0 Å². The molecule has 5 heteroatoms. The van der Waals surface area contributed by atoms with Crippen LogP contribution in [0.25, 0.3) is 0 Å². The summed E-state index contributed by atoms with van der Waals surface area (Å²) in [5.41, 5.74) is 0.651. The van der Waals surface area contributed by atoms with Crippen molar-refractivity contribution in [3.63, 3.8) is 0 Å². The number of nitrogens with zero attached hydrogens (tertiary/aromatic N) is 1. The Kier molecular flexibility index (Phi) is 4.97. The smallest absolute Gasteiger partial charge is 0.252 e. The molecule has 0 bridgehead atoms. The van der Waals surface area contributed by atoms with Crippen LogP contribution in [0.5, 0.6) is 0 Å². The normalized spacial score (nSPS) is 18.9. The highest BCUT2D eigenvalue weighted by Crippen LogP contribution is 2.15. The molecule has 1 aliphatic heterocycles. The molecule has 102 valence electrons. The number of hydrogen-bond donors (Lipinski definition) is 2. The summed E-state index contributed by atoms with van der Waals surface area (Å²) < 4.78 is 0. The average molecular weight is 278 g/mol. The standard InChI is InChI=1S/C14H18N2O2S/c1-16-5-4-11(9-16)8-15-14(18)12-7-13(19-10-12)3-2-6-17/h7,10-11,17H,4-6,8-9H2,1H3,(H,15,18). The zero-order valence-corrected chi connectivity index (χ0v) is 11.8. The Hall–Kier alpha value is -1.35. The van der Waals surface area contributed by atoms with E-state index in [4.69, 9.17) is 5.11 Å². The van der Waals surface area contributed by atoms with Crippen LogP contribution in [-0.2, 0) is 0 Å². The SMILES string of the molecule is CN1CCC(CNC(=O)c2csc(C#CCO)c2)C1. The molecule has 1 amide bonds. The van der Waals surface area contributed by atoms with Gasteiger partial charge in [-0.1, -0.05) is 11.8 Å². The molecule has 0 radical (unpaired) electrons. The zero-order chi connectivity index (χ0) is 13.7. The van der Waals surface area contributed by atoms with E-state index in [9.17, 15) is 4.79 Å². The molecular weight excluding hydrogens is 260 g/mol. The van der Waals surface area contributed by atoms with Crippen molar-refractivity contribution in [2.75, 3.05) is 33.3 Å². The van der Waals surface area contributed by atoms with E-state index in [1.807, 2.05) is 0 Å². The Bertz CT molecular complexity index is 501. The highest BCUT2D eigenvalue weighted by atomic mass is 32.1. The van der Waals surface area contributed by atoms with E-state index >= 15 is 0 Å². The molecule has 0 aromatic carbocycles. The Balaban J connectivity index is 1.84. The zero-order valence-electron chi connectivity index (χ0n) is 11.0. The second kappa shape index (κ2) is 6.71. The summed E-state index contributed by atoms with van der Waals surface area (Å²) in [6.07, 6.45) is 1.15. The lowest BCUT2D eigenvalue weighted by molar-refractivity contribution is 0.0948. The topological polar surface area (TPSA) is 52.6 Å². The van der Waals surface area contributed by atoms with Crippen LogP contribution in [-0.4, -0.2) is 49.2 Å². The predicted octanol–water partition coefficient (Wildman–Crippen LogP) is 0.773. The maximum atomic E-state index is 12.0. The minimum Gasteiger partial charge on any atom is -0.384 e. The van der Waals surface area contributed by atoms with Gasteiger partial charge in [0.05, 0.1) is 10.4 Å². The molecule has 19 heavy (non-hydrogen) atoms. The van der Waals surface area contributed by atoms with Gasteiger partial charge in [-0.3, -0.25) is 4.79 Å². The summed E-state index contributed by atoms with van der Waals surface area (Å²) in [4.78, 5) is 15.0.